The van der Waals surface area contributed by atoms with Crippen molar-refractivity contribution in [3.05, 3.63) is 34.5 Å². The summed E-state index contributed by atoms with van der Waals surface area (Å²) in [6, 6.07) is 0. The second-order valence-electron chi connectivity index (χ2n) is 3.29. The van der Waals surface area contributed by atoms with Gasteiger partial charge in [-0.25, -0.2) is 4.79 Å². The van der Waals surface area contributed by atoms with Gasteiger partial charge in [0.2, 0.25) is 11.6 Å². The first-order valence-corrected chi connectivity index (χ1v) is 4.95. The summed E-state index contributed by atoms with van der Waals surface area (Å²) in [6.45, 7) is 0. The largest absolute Gasteiger partial charge is 0.326 e. The van der Waals surface area contributed by atoms with Crippen LogP contribution in [0.4, 0.5) is 0 Å². The highest BCUT2D eigenvalue weighted by molar-refractivity contribution is 6.45. The molecule has 1 aromatic rings. The fourth-order valence-electron chi connectivity index (χ4n) is 1.23. The van der Waals surface area contributed by atoms with Gasteiger partial charge in [0.15, 0.2) is 0 Å². The number of hydrogen-bond donors (Lipinski definition) is 1. The molecule has 0 unspecified atom stereocenters. The Labute approximate surface area is 96.4 Å². The van der Waals surface area contributed by atoms with E-state index in [1.807, 2.05) is 0 Å². The maximum atomic E-state index is 10.7. The van der Waals surface area contributed by atoms with Crippen LogP contribution in [0.5, 0.6) is 0 Å². The quantitative estimate of drug-likeness (QED) is 0.382. The van der Waals surface area contributed by atoms with Crippen LogP contribution in [-0.4, -0.2) is 27.5 Å². The fraction of sp³-hybridized carbons (Fsp3) is 0.273. The summed E-state index contributed by atoms with van der Waals surface area (Å²) >= 11 is 0. The number of H-pyrrole nitrogens is 1. The summed E-state index contributed by atoms with van der Waals surface area (Å²) in [7, 11) is 0. The van der Waals surface area contributed by atoms with Gasteiger partial charge in [-0.3, -0.25) is 19.4 Å². The standard InChI is InChI=1S/C7H6O3.C4H4N2O/c8-4-5-2-1-3-6(9)7(5)10;7-4-3-5-1-2-6-4/h1-3H2;1-3H,(H,6,7). The second-order valence-corrected chi connectivity index (χ2v) is 3.29. The third kappa shape index (κ3) is 3.96. The molecule has 1 heterocycles. The Morgan fingerprint density at radius 3 is 2.41 bits per heavy atom. The first-order chi connectivity index (χ1) is 8.15. The van der Waals surface area contributed by atoms with Crippen molar-refractivity contribution < 1.29 is 14.4 Å². The zero-order valence-electron chi connectivity index (χ0n) is 8.93. The summed E-state index contributed by atoms with van der Waals surface area (Å²) in [4.78, 5) is 47.4. The molecule has 1 aliphatic carbocycles. The van der Waals surface area contributed by atoms with Crippen LogP contribution in [0.1, 0.15) is 19.3 Å². The Morgan fingerprint density at radius 2 is 2.00 bits per heavy atom. The van der Waals surface area contributed by atoms with Crippen molar-refractivity contribution in [2.45, 2.75) is 19.3 Å². The second kappa shape index (κ2) is 6.30. The lowest BCUT2D eigenvalue weighted by Crippen LogP contribution is -2.21. The predicted molar refractivity (Wildman–Crippen MR) is 57.9 cm³/mol. The minimum Gasteiger partial charge on any atom is -0.326 e. The fourth-order valence-corrected chi connectivity index (χ4v) is 1.23. The van der Waals surface area contributed by atoms with E-state index in [4.69, 9.17) is 0 Å². The molecular formula is C11H10N2O4. The number of nitrogens with one attached hydrogen (secondary N) is 1. The maximum absolute atomic E-state index is 10.7. The molecule has 1 N–H and O–H groups in total. The van der Waals surface area contributed by atoms with E-state index in [1.165, 1.54) is 24.5 Å². The summed E-state index contributed by atoms with van der Waals surface area (Å²) < 4.78 is 0. The van der Waals surface area contributed by atoms with Gasteiger partial charge in [-0.1, -0.05) is 0 Å². The van der Waals surface area contributed by atoms with Gasteiger partial charge in [-0.05, 0) is 12.8 Å². The molecule has 2 rings (SSSR count). The molecule has 0 aliphatic heterocycles. The number of allylic oxidation sites excluding steroid dienone is 1. The lowest BCUT2D eigenvalue weighted by Gasteiger charge is -2.06. The smallest absolute Gasteiger partial charge is 0.266 e. The SMILES string of the molecule is O=C=C1CCCC(=O)C1=O.O=c1cncc[nH]1. The first kappa shape index (κ1) is 12.7. The molecule has 0 atom stereocenters. The van der Waals surface area contributed by atoms with Crippen LogP contribution in [0, 0.1) is 0 Å². The van der Waals surface area contributed by atoms with Crippen molar-refractivity contribution in [3.63, 3.8) is 0 Å². The van der Waals surface area contributed by atoms with Crippen LogP contribution >= 0.6 is 0 Å². The molecule has 1 saturated carbocycles. The summed E-state index contributed by atoms with van der Waals surface area (Å²) in [6.07, 6.45) is 5.52. The van der Waals surface area contributed by atoms with Gasteiger partial charge >= 0.3 is 0 Å². The van der Waals surface area contributed by atoms with E-state index in [0.29, 0.717) is 12.8 Å². The average molecular weight is 234 g/mol. The van der Waals surface area contributed by atoms with E-state index in [9.17, 15) is 19.2 Å². The Balaban J connectivity index is 0.000000181. The van der Waals surface area contributed by atoms with Crippen LogP contribution < -0.4 is 5.56 Å². The predicted octanol–water partition coefficient (Wildman–Crippen LogP) is -0.164. The molecule has 0 spiro atoms. The van der Waals surface area contributed by atoms with E-state index in [-0.39, 0.29) is 17.6 Å². The molecule has 6 heteroatoms. The van der Waals surface area contributed by atoms with Crippen LogP contribution in [0.3, 0.4) is 0 Å². The van der Waals surface area contributed by atoms with Crippen molar-refractivity contribution in [1.29, 1.82) is 0 Å². The molecule has 1 aromatic heterocycles. The number of nitrogens with zero attached hydrogens (tertiary/aromatic N) is 1. The Hall–Kier alpha value is -2.33. The third-order valence-electron chi connectivity index (χ3n) is 2.06. The molecule has 1 fully saturated rings. The molecule has 0 radical (unpaired) electrons. The highest BCUT2D eigenvalue weighted by Crippen LogP contribution is 2.14. The van der Waals surface area contributed by atoms with Crippen LogP contribution in [0.2, 0.25) is 0 Å². The Kier molecular flexibility index (Phi) is 4.72. The van der Waals surface area contributed by atoms with E-state index < -0.39 is 11.6 Å². The summed E-state index contributed by atoms with van der Waals surface area (Å²) in [5, 5.41) is 0. The van der Waals surface area contributed by atoms with Crippen molar-refractivity contribution in [2.75, 3.05) is 0 Å². The molecule has 0 bridgehead atoms. The molecule has 6 nitrogen and oxygen atoms in total. The zero-order chi connectivity index (χ0) is 12.7. The average Bonchev–Trinajstić information content (AvgIpc) is 2.34. The number of Topliss-reactive ketones (excluding diaryl/α,β-unsaturated/α-hetero) is 2. The number of carbonyl (C=O) groups excluding carboxylic acids is 3. The lowest BCUT2D eigenvalue weighted by atomic mass is 9.94. The van der Waals surface area contributed by atoms with E-state index in [2.05, 4.69) is 9.97 Å². The molecule has 17 heavy (non-hydrogen) atoms. The van der Waals surface area contributed by atoms with Gasteiger partial charge in [0, 0.05) is 18.8 Å². The highest BCUT2D eigenvalue weighted by Gasteiger charge is 2.24. The summed E-state index contributed by atoms with van der Waals surface area (Å²) in [5.41, 5.74) is -0.154. The monoisotopic (exact) mass is 234 g/mol. The minimum absolute atomic E-state index is 0.0104. The van der Waals surface area contributed by atoms with Gasteiger partial charge in [-0.2, -0.15) is 0 Å². The number of ketones is 2. The van der Waals surface area contributed by atoms with Gasteiger partial charge in [0.1, 0.15) is 5.94 Å². The van der Waals surface area contributed by atoms with Gasteiger partial charge in [0.25, 0.3) is 5.56 Å². The molecule has 88 valence electrons. The normalized spacial score (nSPS) is 14.7. The topological polar surface area (TPSA) is 97.0 Å². The van der Waals surface area contributed by atoms with Crippen molar-refractivity contribution >= 4 is 17.5 Å². The number of rotatable bonds is 0. The molecule has 1 aliphatic rings. The molecular weight excluding hydrogens is 224 g/mol. The van der Waals surface area contributed by atoms with E-state index >= 15 is 0 Å². The van der Waals surface area contributed by atoms with Crippen LogP contribution in [-0.2, 0) is 14.4 Å². The molecule has 0 aromatic carbocycles. The highest BCUT2D eigenvalue weighted by atomic mass is 16.2. The third-order valence-corrected chi connectivity index (χ3v) is 2.06. The number of carbonyl (C=O) groups is 2. The van der Waals surface area contributed by atoms with Crippen LogP contribution in [0.15, 0.2) is 29.0 Å². The number of hydrogen-bond acceptors (Lipinski definition) is 5. The van der Waals surface area contributed by atoms with Crippen molar-refractivity contribution in [2.24, 2.45) is 0 Å². The van der Waals surface area contributed by atoms with Crippen molar-refractivity contribution in [3.8, 4) is 0 Å². The first-order valence-electron chi connectivity index (χ1n) is 4.95. The number of aromatic nitrogens is 2. The Morgan fingerprint density at radius 1 is 1.24 bits per heavy atom. The molecule has 0 amide bonds. The van der Waals surface area contributed by atoms with Gasteiger partial charge in [-0.15, -0.1) is 0 Å². The van der Waals surface area contributed by atoms with Crippen molar-refractivity contribution in [1.82, 2.24) is 9.97 Å². The maximum Gasteiger partial charge on any atom is 0.266 e. The summed E-state index contributed by atoms with van der Waals surface area (Å²) in [5.74, 6) is 0.389. The lowest BCUT2D eigenvalue weighted by molar-refractivity contribution is -0.135. The van der Waals surface area contributed by atoms with Crippen LogP contribution in [0.25, 0.3) is 0 Å². The van der Waals surface area contributed by atoms with E-state index in [1.54, 1.807) is 0 Å². The number of aromatic amines is 1. The van der Waals surface area contributed by atoms with Gasteiger partial charge in [0.05, 0.1) is 11.8 Å². The molecule has 0 saturated heterocycles. The van der Waals surface area contributed by atoms with E-state index in [0.717, 1.165) is 0 Å². The zero-order valence-corrected chi connectivity index (χ0v) is 8.93. The Bertz CT molecular complexity index is 509. The van der Waals surface area contributed by atoms with Gasteiger partial charge < -0.3 is 4.98 Å². The minimum atomic E-state index is -0.638.